The number of halogens is 2. The van der Waals surface area contributed by atoms with Crippen LogP contribution in [0.1, 0.15) is 24.8 Å². The van der Waals surface area contributed by atoms with Gasteiger partial charge in [0.15, 0.2) is 0 Å². The van der Waals surface area contributed by atoms with Crippen molar-refractivity contribution in [1.82, 2.24) is 0 Å². The Morgan fingerprint density at radius 3 is 3.06 bits per heavy atom. The van der Waals surface area contributed by atoms with Gasteiger partial charge in [-0.1, -0.05) is 15.9 Å². The third kappa shape index (κ3) is 3.87. The zero-order valence-corrected chi connectivity index (χ0v) is 12.0. The molecule has 1 fully saturated rings. The molecule has 0 aromatic heterocycles. The maximum Gasteiger partial charge on any atom is 0.123 e. The average Bonchev–Trinajstić information content (AvgIpc) is 2.84. The molecule has 1 atom stereocenters. The summed E-state index contributed by atoms with van der Waals surface area (Å²) in [6, 6.07) is 5.92. The van der Waals surface area contributed by atoms with Crippen LogP contribution in [0.4, 0.5) is 0 Å². The van der Waals surface area contributed by atoms with Crippen molar-refractivity contribution in [2.45, 2.75) is 31.2 Å². The molecule has 1 unspecified atom stereocenters. The lowest BCUT2D eigenvalue weighted by Gasteiger charge is -2.13. The van der Waals surface area contributed by atoms with E-state index in [0.717, 1.165) is 35.2 Å². The first kappa shape index (κ1) is 13.2. The Labute approximate surface area is 115 Å². The molecular weight excluding hydrogens is 303 g/mol. The van der Waals surface area contributed by atoms with Crippen molar-refractivity contribution in [2.24, 2.45) is 0 Å². The molecule has 2 nitrogen and oxygen atoms in total. The average molecular weight is 320 g/mol. The minimum Gasteiger partial charge on any atom is -0.493 e. The van der Waals surface area contributed by atoms with Gasteiger partial charge in [0.1, 0.15) is 5.75 Å². The highest BCUT2D eigenvalue weighted by molar-refractivity contribution is 9.10. The Morgan fingerprint density at radius 2 is 2.35 bits per heavy atom. The zero-order chi connectivity index (χ0) is 12.1. The van der Waals surface area contributed by atoms with E-state index in [4.69, 9.17) is 21.1 Å². The summed E-state index contributed by atoms with van der Waals surface area (Å²) in [5, 5.41) is 0. The Morgan fingerprint density at radius 1 is 1.47 bits per heavy atom. The number of ether oxygens (including phenoxy) is 2. The predicted octanol–water partition coefficient (Wildman–Crippen LogP) is 4.14. The lowest BCUT2D eigenvalue weighted by Crippen LogP contribution is -2.11. The molecule has 1 aromatic rings. The normalized spacial score (nSPS) is 19.5. The number of hydrogen-bond donors (Lipinski definition) is 0. The van der Waals surface area contributed by atoms with Crippen LogP contribution < -0.4 is 4.74 Å². The number of alkyl halides is 1. The van der Waals surface area contributed by atoms with Gasteiger partial charge in [-0.2, -0.15) is 0 Å². The number of benzene rings is 1. The monoisotopic (exact) mass is 318 g/mol. The molecule has 0 amide bonds. The molecule has 4 heteroatoms. The molecule has 1 aliphatic heterocycles. The van der Waals surface area contributed by atoms with E-state index >= 15 is 0 Å². The van der Waals surface area contributed by atoms with Gasteiger partial charge in [-0.15, -0.1) is 11.6 Å². The van der Waals surface area contributed by atoms with Crippen molar-refractivity contribution in [1.29, 1.82) is 0 Å². The van der Waals surface area contributed by atoms with Crippen LogP contribution in [0.3, 0.4) is 0 Å². The summed E-state index contributed by atoms with van der Waals surface area (Å²) in [4.78, 5) is 0. The minimum absolute atomic E-state index is 0.380. The van der Waals surface area contributed by atoms with Gasteiger partial charge in [-0.3, -0.25) is 0 Å². The van der Waals surface area contributed by atoms with Gasteiger partial charge in [-0.25, -0.2) is 0 Å². The maximum atomic E-state index is 5.88. The highest BCUT2D eigenvalue weighted by Gasteiger charge is 2.15. The summed E-state index contributed by atoms with van der Waals surface area (Å²) in [7, 11) is 0. The summed E-state index contributed by atoms with van der Waals surface area (Å²) in [5.74, 6) is 1.34. The highest BCUT2D eigenvalue weighted by atomic mass is 79.9. The van der Waals surface area contributed by atoms with Gasteiger partial charge in [0.2, 0.25) is 0 Å². The molecule has 2 rings (SSSR count). The molecule has 0 aliphatic carbocycles. The van der Waals surface area contributed by atoms with E-state index in [1.54, 1.807) is 0 Å². The summed E-state index contributed by atoms with van der Waals surface area (Å²) < 4.78 is 12.3. The molecule has 94 valence electrons. The summed E-state index contributed by atoms with van der Waals surface area (Å²) in [6.07, 6.45) is 3.67. The quantitative estimate of drug-likeness (QED) is 0.760. The number of rotatable bonds is 5. The van der Waals surface area contributed by atoms with Crippen molar-refractivity contribution in [3.8, 4) is 5.75 Å². The second kappa shape index (κ2) is 6.62. The zero-order valence-electron chi connectivity index (χ0n) is 9.62. The van der Waals surface area contributed by atoms with Crippen LogP contribution in [0, 0.1) is 0 Å². The molecule has 0 saturated carbocycles. The van der Waals surface area contributed by atoms with Crippen LogP contribution in [-0.4, -0.2) is 19.3 Å². The second-order valence-corrected chi connectivity index (χ2v) is 5.34. The minimum atomic E-state index is 0.380. The van der Waals surface area contributed by atoms with Gasteiger partial charge >= 0.3 is 0 Å². The van der Waals surface area contributed by atoms with Gasteiger partial charge in [0.05, 0.1) is 18.6 Å². The van der Waals surface area contributed by atoms with Crippen molar-refractivity contribution in [3.05, 3.63) is 28.2 Å². The largest absolute Gasteiger partial charge is 0.493 e. The smallest absolute Gasteiger partial charge is 0.123 e. The van der Waals surface area contributed by atoms with Gasteiger partial charge < -0.3 is 9.47 Å². The van der Waals surface area contributed by atoms with E-state index in [-0.39, 0.29) is 0 Å². The topological polar surface area (TPSA) is 18.5 Å². The molecule has 0 spiro atoms. The van der Waals surface area contributed by atoms with E-state index in [9.17, 15) is 0 Å². The van der Waals surface area contributed by atoms with Crippen LogP contribution in [0.25, 0.3) is 0 Å². The van der Waals surface area contributed by atoms with E-state index in [0.29, 0.717) is 18.6 Å². The van der Waals surface area contributed by atoms with Crippen LogP contribution in [0.2, 0.25) is 0 Å². The number of hydrogen-bond acceptors (Lipinski definition) is 2. The van der Waals surface area contributed by atoms with Gasteiger partial charge in [-0.05, 0) is 31.0 Å². The molecule has 1 saturated heterocycles. The molecular formula is C13H16BrClO2. The van der Waals surface area contributed by atoms with Gasteiger partial charge in [0.25, 0.3) is 0 Å². The fourth-order valence-electron chi connectivity index (χ4n) is 1.97. The molecule has 0 N–H and O–H groups in total. The Balaban J connectivity index is 1.85. The molecule has 1 aliphatic rings. The first-order valence-corrected chi connectivity index (χ1v) is 7.21. The van der Waals surface area contributed by atoms with Crippen molar-refractivity contribution in [2.75, 3.05) is 13.2 Å². The molecule has 1 aromatic carbocycles. The lowest BCUT2D eigenvalue weighted by molar-refractivity contribution is 0.0902. The molecule has 0 radical (unpaired) electrons. The third-order valence-electron chi connectivity index (χ3n) is 2.89. The van der Waals surface area contributed by atoms with E-state index in [1.807, 2.05) is 18.2 Å². The van der Waals surface area contributed by atoms with Crippen LogP contribution >= 0.6 is 27.5 Å². The van der Waals surface area contributed by atoms with Crippen LogP contribution in [0.5, 0.6) is 5.75 Å². The fourth-order valence-corrected chi connectivity index (χ4v) is 2.58. The van der Waals surface area contributed by atoms with E-state index in [1.165, 1.54) is 6.42 Å². The summed E-state index contributed by atoms with van der Waals surface area (Å²) >= 11 is 9.31. The van der Waals surface area contributed by atoms with E-state index in [2.05, 4.69) is 15.9 Å². The Bertz CT molecular complexity index is 364. The predicted molar refractivity (Wildman–Crippen MR) is 72.8 cm³/mol. The standard InChI is InChI=1S/C13H16BrClO2/c14-11-3-4-13(10(8-11)9-15)17-7-5-12-2-1-6-16-12/h3-4,8,12H,1-2,5-7,9H2. The first-order chi connectivity index (χ1) is 8.29. The van der Waals surface area contributed by atoms with Crippen LogP contribution in [-0.2, 0) is 10.6 Å². The van der Waals surface area contributed by atoms with Crippen molar-refractivity contribution >= 4 is 27.5 Å². The second-order valence-electron chi connectivity index (χ2n) is 4.16. The summed E-state index contributed by atoms with van der Waals surface area (Å²) in [6.45, 7) is 1.59. The fraction of sp³-hybridized carbons (Fsp3) is 0.538. The lowest BCUT2D eigenvalue weighted by atomic mass is 10.2. The van der Waals surface area contributed by atoms with Crippen molar-refractivity contribution < 1.29 is 9.47 Å². The van der Waals surface area contributed by atoms with Gasteiger partial charge in [0, 0.05) is 23.1 Å². The SMILES string of the molecule is ClCc1cc(Br)ccc1OCCC1CCCO1. The molecule has 17 heavy (non-hydrogen) atoms. The molecule has 1 heterocycles. The van der Waals surface area contributed by atoms with Crippen LogP contribution in [0.15, 0.2) is 22.7 Å². The molecule has 0 bridgehead atoms. The van der Waals surface area contributed by atoms with E-state index < -0.39 is 0 Å². The third-order valence-corrected chi connectivity index (χ3v) is 3.67. The summed E-state index contributed by atoms with van der Waals surface area (Å²) in [5.41, 5.74) is 1.02. The Hall–Kier alpha value is -0.250. The highest BCUT2D eigenvalue weighted by Crippen LogP contribution is 2.25. The van der Waals surface area contributed by atoms with Crippen molar-refractivity contribution in [3.63, 3.8) is 0 Å². The first-order valence-electron chi connectivity index (χ1n) is 5.88. The Kier molecular flexibility index (Phi) is 5.14. The maximum absolute atomic E-state index is 5.88.